The summed E-state index contributed by atoms with van der Waals surface area (Å²) in [6.45, 7) is 3.81. The summed E-state index contributed by atoms with van der Waals surface area (Å²) in [4.78, 5) is 28.7. The van der Waals surface area contributed by atoms with Crippen molar-refractivity contribution < 1.29 is 9.59 Å². The number of carbonyl (C=O) groups is 2. The van der Waals surface area contributed by atoms with Crippen LogP contribution < -0.4 is 4.90 Å². The molecule has 2 aliphatic heterocycles. The van der Waals surface area contributed by atoms with Crippen LogP contribution in [0, 0.1) is 11.3 Å². The highest BCUT2D eigenvalue weighted by Gasteiger charge is 2.32. The van der Waals surface area contributed by atoms with Gasteiger partial charge in [0.25, 0.3) is 11.8 Å². The lowest BCUT2D eigenvalue weighted by molar-refractivity contribution is -0.138. The molecule has 0 N–H and O–H groups in total. The van der Waals surface area contributed by atoms with Gasteiger partial charge in [-0.05, 0) is 50.0 Å². The Bertz CT molecular complexity index is 791. The van der Waals surface area contributed by atoms with Crippen LogP contribution in [0.3, 0.4) is 0 Å². The molecule has 0 atom stereocenters. The van der Waals surface area contributed by atoms with Crippen molar-refractivity contribution in [3.63, 3.8) is 0 Å². The lowest BCUT2D eigenvalue weighted by Gasteiger charge is -2.27. The molecule has 0 bridgehead atoms. The monoisotopic (exact) mass is 341 g/mol. The maximum atomic E-state index is 12.4. The number of anilines is 1. The molecule has 3 heterocycles. The molecule has 0 aromatic carbocycles. The van der Waals surface area contributed by atoms with Gasteiger partial charge in [0, 0.05) is 30.6 Å². The molecular weight excluding hydrogens is 322 g/mol. The summed E-state index contributed by atoms with van der Waals surface area (Å²) in [7, 11) is 1.41. The molecule has 6 heteroatoms. The molecule has 1 aromatic rings. The maximum absolute atomic E-state index is 12.4. The molecule has 0 aliphatic carbocycles. The minimum absolute atomic E-state index is 0.0381. The normalized spacial score (nSPS) is 20.8. The molecular formula is C18H19N3O2S. The lowest BCUT2D eigenvalue weighted by atomic mass is 9.95. The zero-order valence-electron chi connectivity index (χ0n) is 13.8. The highest BCUT2D eigenvalue weighted by atomic mass is 32.1. The third kappa shape index (κ3) is 2.87. The largest absolute Gasteiger partial charge is 0.363 e. The summed E-state index contributed by atoms with van der Waals surface area (Å²) in [5, 5.41) is 10.4. The van der Waals surface area contributed by atoms with Gasteiger partial charge in [-0.2, -0.15) is 5.26 Å². The van der Waals surface area contributed by atoms with Crippen LogP contribution in [-0.2, 0) is 9.59 Å². The fraction of sp³-hybridized carbons (Fsp3) is 0.389. The molecule has 1 fully saturated rings. The number of imide groups is 1. The number of carbonyl (C=O) groups excluding carboxylic acids is 2. The molecule has 24 heavy (non-hydrogen) atoms. The van der Waals surface area contributed by atoms with Crippen molar-refractivity contribution in [2.45, 2.75) is 26.2 Å². The Kier molecular flexibility index (Phi) is 4.54. The number of hydrogen-bond acceptors (Lipinski definition) is 5. The van der Waals surface area contributed by atoms with Crippen LogP contribution in [0.4, 0.5) is 5.00 Å². The van der Waals surface area contributed by atoms with E-state index in [1.54, 1.807) is 24.3 Å². The number of nitrogens with zero attached hydrogens (tertiary/aromatic N) is 3. The number of hydrogen-bond donors (Lipinski definition) is 0. The molecule has 1 saturated heterocycles. The minimum Gasteiger partial charge on any atom is -0.363 e. The van der Waals surface area contributed by atoms with Crippen molar-refractivity contribution in [2.24, 2.45) is 0 Å². The number of nitriles is 1. The Labute approximate surface area is 145 Å². The van der Waals surface area contributed by atoms with Crippen LogP contribution in [0.5, 0.6) is 0 Å². The van der Waals surface area contributed by atoms with Gasteiger partial charge in [0.15, 0.2) is 0 Å². The molecule has 0 radical (unpaired) electrons. The molecule has 1 aromatic heterocycles. The Balaban J connectivity index is 1.94. The average molecular weight is 341 g/mol. The maximum Gasteiger partial charge on any atom is 0.271 e. The zero-order chi connectivity index (χ0) is 17.3. The van der Waals surface area contributed by atoms with Gasteiger partial charge in [-0.25, -0.2) is 0 Å². The molecule has 0 spiro atoms. The van der Waals surface area contributed by atoms with Crippen LogP contribution in [0.1, 0.15) is 31.1 Å². The quantitative estimate of drug-likeness (QED) is 0.613. The lowest BCUT2D eigenvalue weighted by Crippen LogP contribution is -2.39. The Morgan fingerprint density at radius 3 is 2.54 bits per heavy atom. The first-order valence-electron chi connectivity index (χ1n) is 8.03. The van der Waals surface area contributed by atoms with E-state index in [2.05, 4.69) is 11.0 Å². The van der Waals surface area contributed by atoms with Gasteiger partial charge >= 0.3 is 0 Å². The topological polar surface area (TPSA) is 64.4 Å². The van der Waals surface area contributed by atoms with Crippen molar-refractivity contribution >= 4 is 34.2 Å². The first-order valence-corrected chi connectivity index (χ1v) is 8.85. The van der Waals surface area contributed by atoms with Gasteiger partial charge in [0.1, 0.15) is 11.6 Å². The van der Waals surface area contributed by atoms with Crippen LogP contribution in [0.2, 0.25) is 0 Å². The van der Waals surface area contributed by atoms with E-state index < -0.39 is 5.91 Å². The predicted molar refractivity (Wildman–Crippen MR) is 94.5 cm³/mol. The van der Waals surface area contributed by atoms with Crippen molar-refractivity contribution in [3.8, 4) is 6.07 Å². The molecule has 124 valence electrons. The van der Waals surface area contributed by atoms with E-state index in [-0.39, 0.29) is 11.5 Å². The molecule has 5 nitrogen and oxygen atoms in total. The summed E-state index contributed by atoms with van der Waals surface area (Å²) in [5.74, 6) is -0.887. The molecule has 2 aliphatic rings. The molecule has 0 saturated carbocycles. The van der Waals surface area contributed by atoms with E-state index in [1.807, 2.05) is 12.1 Å². The summed E-state index contributed by atoms with van der Waals surface area (Å²) in [6.07, 6.45) is 5.50. The molecule has 0 unspecified atom stereocenters. The van der Waals surface area contributed by atoms with Gasteiger partial charge in [-0.15, -0.1) is 11.3 Å². The summed E-state index contributed by atoms with van der Waals surface area (Å²) < 4.78 is 0. The van der Waals surface area contributed by atoms with Gasteiger partial charge in [-0.3, -0.25) is 14.5 Å². The number of piperidine rings is 1. The Morgan fingerprint density at radius 1 is 1.17 bits per heavy atom. The smallest absolute Gasteiger partial charge is 0.271 e. The predicted octanol–water partition coefficient (Wildman–Crippen LogP) is 2.96. The SMILES string of the molecule is CC1=C(C#N)C(=O)N(C)C(=O)/C1=C/c1ccc(N2CCCCC2)s1. The summed E-state index contributed by atoms with van der Waals surface area (Å²) in [6, 6.07) is 5.99. The standard InChI is InChI=1S/C18H19N3O2S/c1-12-14(17(22)20(2)18(23)15(12)11-19)10-13-6-7-16(24-13)21-8-4-3-5-9-21/h6-7,10H,3-5,8-9H2,1-2H3/b14-10+. The number of thiophene rings is 1. The zero-order valence-corrected chi connectivity index (χ0v) is 14.7. The second-order valence-corrected chi connectivity index (χ2v) is 7.16. The van der Waals surface area contributed by atoms with E-state index in [0.717, 1.165) is 22.9 Å². The van der Waals surface area contributed by atoms with Crippen molar-refractivity contribution in [3.05, 3.63) is 33.7 Å². The van der Waals surface area contributed by atoms with E-state index in [0.29, 0.717) is 11.1 Å². The third-order valence-corrected chi connectivity index (χ3v) is 5.60. The van der Waals surface area contributed by atoms with Crippen LogP contribution in [-0.4, -0.2) is 36.9 Å². The molecule has 2 amide bonds. The first-order chi connectivity index (χ1) is 11.5. The van der Waals surface area contributed by atoms with Gasteiger partial charge in [0.05, 0.1) is 5.00 Å². The fourth-order valence-corrected chi connectivity index (χ4v) is 4.05. The van der Waals surface area contributed by atoms with Gasteiger partial charge < -0.3 is 4.90 Å². The van der Waals surface area contributed by atoms with Crippen LogP contribution in [0.25, 0.3) is 6.08 Å². The van der Waals surface area contributed by atoms with Crippen molar-refractivity contribution in [2.75, 3.05) is 25.0 Å². The van der Waals surface area contributed by atoms with Crippen molar-refractivity contribution in [1.82, 2.24) is 4.90 Å². The highest BCUT2D eigenvalue weighted by molar-refractivity contribution is 7.17. The van der Waals surface area contributed by atoms with E-state index in [1.165, 1.54) is 31.3 Å². The summed E-state index contributed by atoms with van der Waals surface area (Å²) in [5.41, 5.74) is 0.912. The molecule has 3 rings (SSSR count). The van der Waals surface area contributed by atoms with E-state index in [9.17, 15) is 14.9 Å². The van der Waals surface area contributed by atoms with Gasteiger partial charge in [-0.1, -0.05) is 0 Å². The van der Waals surface area contributed by atoms with Crippen molar-refractivity contribution in [1.29, 1.82) is 5.26 Å². The third-order valence-electron chi connectivity index (χ3n) is 4.51. The number of amides is 2. The minimum atomic E-state index is -0.530. The van der Waals surface area contributed by atoms with E-state index in [4.69, 9.17) is 0 Å². The summed E-state index contributed by atoms with van der Waals surface area (Å²) >= 11 is 1.64. The fourth-order valence-electron chi connectivity index (χ4n) is 3.04. The van der Waals surface area contributed by atoms with Crippen LogP contribution >= 0.6 is 11.3 Å². The van der Waals surface area contributed by atoms with Gasteiger partial charge in [0.2, 0.25) is 0 Å². The first kappa shape index (κ1) is 16.5. The van der Waals surface area contributed by atoms with E-state index >= 15 is 0 Å². The second-order valence-electron chi connectivity index (χ2n) is 6.06. The number of likely N-dealkylation sites (N-methyl/N-ethyl adjacent to an activating group) is 1. The Morgan fingerprint density at radius 2 is 1.88 bits per heavy atom. The second kappa shape index (κ2) is 6.62. The Hall–Kier alpha value is -2.39. The number of rotatable bonds is 2. The average Bonchev–Trinajstić information content (AvgIpc) is 3.07. The highest BCUT2D eigenvalue weighted by Crippen LogP contribution is 2.32. The van der Waals surface area contributed by atoms with Crippen LogP contribution in [0.15, 0.2) is 28.9 Å².